The van der Waals surface area contributed by atoms with Crippen LogP contribution in [0.4, 0.5) is 0 Å². The molecule has 0 saturated heterocycles. The van der Waals surface area contributed by atoms with Gasteiger partial charge in [-0.1, -0.05) is 41.9 Å². The van der Waals surface area contributed by atoms with Crippen molar-refractivity contribution < 1.29 is 14.3 Å². The zero-order valence-electron chi connectivity index (χ0n) is 14.4. The van der Waals surface area contributed by atoms with Crippen molar-refractivity contribution in [3.05, 3.63) is 89.3 Å². The lowest BCUT2D eigenvalue weighted by atomic mass is 10.2. The summed E-state index contributed by atoms with van der Waals surface area (Å²) >= 11 is 5.87. The quantitative estimate of drug-likeness (QED) is 0.606. The molecule has 2 aromatic carbocycles. The van der Waals surface area contributed by atoms with Crippen LogP contribution in [0, 0.1) is 0 Å². The molecule has 0 fully saturated rings. The second-order valence-corrected chi connectivity index (χ2v) is 6.59. The highest BCUT2D eigenvalue weighted by Crippen LogP contribution is 2.16. The van der Waals surface area contributed by atoms with Crippen LogP contribution < -0.4 is 4.74 Å². The molecule has 0 amide bonds. The molecule has 5 heteroatoms. The lowest BCUT2D eigenvalue weighted by molar-refractivity contribution is 0.0605. The van der Waals surface area contributed by atoms with Crippen LogP contribution in [-0.4, -0.2) is 29.3 Å². The highest BCUT2D eigenvalue weighted by molar-refractivity contribution is 6.30. The van der Waals surface area contributed by atoms with Crippen LogP contribution in [0.5, 0.6) is 5.75 Å². The molecule has 26 heavy (non-hydrogen) atoms. The van der Waals surface area contributed by atoms with Crippen molar-refractivity contribution in [3.63, 3.8) is 0 Å². The smallest absolute Gasteiger partial charge is 0.119 e. The SMILES string of the molecule is O[C@@H](COc1ccc(Cl)cc1)CN(Cc1ccccc1)Cc1ccco1. The maximum absolute atomic E-state index is 10.4. The first-order valence-corrected chi connectivity index (χ1v) is 8.92. The molecule has 0 radical (unpaired) electrons. The van der Waals surface area contributed by atoms with Gasteiger partial charge in [0.25, 0.3) is 0 Å². The summed E-state index contributed by atoms with van der Waals surface area (Å²) in [4.78, 5) is 2.14. The minimum absolute atomic E-state index is 0.213. The standard InChI is InChI=1S/C21H22ClNO3/c22-18-8-10-20(11-9-18)26-16-19(24)14-23(15-21-7-4-12-25-21)13-17-5-2-1-3-6-17/h1-12,19,24H,13-16H2/t19-/m1/s1. The monoisotopic (exact) mass is 371 g/mol. The Morgan fingerprint density at radius 3 is 2.42 bits per heavy atom. The number of halogens is 1. The minimum Gasteiger partial charge on any atom is -0.491 e. The van der Waals surface area contributed by atoms with E-state index in [9.17, 15) is 5.11 Å². The molecular weight excluding hydrogens is 350 g/mol. The van der Waals surface area contributed by atoms with Gasteiger partial charge in [-0.25, -0.2) is 0 Å². The summed E-state index contributed by atoms with van der Waals surface area (Å²) in [6.45, 7) is 2.04. The Morgan fingerprint density at radius 1 is 0.962 bits per heavy atom. The van der Waals surface area contributed by atoms with E-state index in [-0.39, 0.29) is 6.61 Å². The Balaban J connectivity index is 1.57. The molecule has 0 aliphatic heterocycles. The summed E-state index contributed by atoms with van der Waals surface area (Å²) in [6.07, 6.45) is 1.04. The average Bonchev–Trinajstić information content (AvgIpc) is 3.15. The largest absolute Gasteiger partial charge is 0.491 e. The van der Waals surface area contributed by atoms with Crippen molar-refractivity contribution in [1.82, 2.24) is 4.90 Å². The molecule has 0 unspecified atom stereocenters. The van der Waals surface area contributed by atoms with Crippen LogP contribution in [0.3, 0.4) is 0 Å². The fraction of sp³-hybridized carbons (Fsp3) is 0.238. The third-order valence-corrected chi connectivity index (χ3v) is 4.19. The van der Waals surface area contributed by atoms with Gasteiger partial charge in [-0.15, -0.1) is 0 Å². The molecular formula is C21H22ClNO3. The molecule has 0 aliphatic rings. The second kappa shape index (κ2) is 9.43. The fourth-order valence-electron chi connectivity index (χ4n) is 2.72. The van der Waals surface area contributed by atoms with Gasteiger partial charge >= 0.3 is 0 Å². The number of nitrogens with zero attached hydrogens (tertiary/aromatic N) is 1. The predicted molar refractivity (Wildman–Crippen MR) is 102 cm³/mol. The molecule has 4 nitrogen and oxygen atoms in total. The van der Waals surface area contributed by atoms with Crippen molar-refractivity contribution >= 4 is 11.6 Å². The average molecular weight is 372 g/mol. The van der Waals surface area contributed by atoms with Gasteiger partial charge < -0.3 is 14.3 Å². The van der Waals surface area contributed by atoms with Crippen LogP contribution in [0.25, 0.3) is 0 Å². The lowest BCUT2D eigenvalue weighted by Gasteiger charge is -2.24. The summed E-state index contributed by atoms with van der Waals surface area (Å²) in [5.74, 6) is 1.56. The first kappa shape index (κ1) is 18.5. The first-order chi connectivity index (χ1) is 12.7. The molecule has 3 aromatic rings. The van der Waals surface area contributed by atoms with Crippen LogP contribution in [0.2, 0.25) is 5.02 Å². The summed E-state index contributed by atoms with van der Waals surface area (Å²) in [7, 11) is 0. The lowest BCUT2D eigenvalue weighted by Crippen LogP contribution is -2.35. The topological polar surface area (TPSA) is 45.8 Å². The second-order valence-electron chi connectivity index (χ2n) is 6.15. The number of rotatable bonds is 9. The maximum Gasteiger partial charge on any atom is 0.119 e. The normalized spacial score (nSPS) is 12.3. The first-order valence-electron chi connectivity index (χ1n) is 8.54. The number of aliphatic hydroxyl groups is 1. The van der Waals surface area contributed by atoms with Gasteiger partial charge in [0.2, 0.25) is 0 Å². The fourth-order valence-corrected chi connectivity index (χ4v) is 2.85. The minimum atomic E-state index is -0.621. The molecule has 3 rings (SSSR count). The van der Waals surface area contributed by atoms with E-state index >= 15 is 0 Å². The number of ether oxygens (including phenoxy) is 1. The van der Waals surface area contributed by atoms with Gasteiger partial charge in [-0.3, -0.25) is 4.90 Å². The molecule has 1 aromatic heterocycles. The van der Waals surface area contributed by atoms with Gasteiger partial charge in [0, 0.05) is 18.1 Å². The van der Waals surface area contributed by atoms with Crippen molar-refractivity contribution in [2.75, 3.05) is 13.2 Å². The molecule has 136 valence electrons. The zero-order valence-corrected chi connectivity index (χ0v) is 15.2. The Bertz CT molecular complexity index is 760. The van der Waals surface area contributed by atoms with Gasteiger partial charge in [0.15, 0.2) is 0 Å². The summed E-state index contributed by atoms with van der Waals surface area (Å²) in [6, 6.07) is 21.1. The number of hydrogen-bond donors (Lipinski definition) is 1. The molecule has 0 saturated carbocycles. The van der Waals surface area contributed by atoms with E-state index in [2.05, 4.69) is 17.0 Å². The number of benzene rings is 2. The summed E-state index contributed by atoms with van der Waals surface area (Å²) in [5.41, 5.74) is 1.19. The molecule has 0 aliphatic carbocycles. The molecule has 1 atom stereocenters. The van der Waals surface area contributed by atoms with E-state index in [4.69, 9.17) is 20.8 Å². The van der Waals surface area contributed by atoms with Crippen molar-refractivity contribution in [3.8, 4) is 5.75 Å². The van der Waals surface area contributed by atoms with E-state index in [0.717, 1.165) is 12.3 Å². The van der Waals surface area contributed by atoms with E-state index in [1.165, 1.54) is 5.56 Å². The van der Waals surface area contributed by atoms with Crippen LogP contribution in [0.1, 0.15) is 11.3 Å². The van der Waals surface area contributed by atoms with Gasteiger partial charge in [0.1, 0.15) is 24.2 Å². The van der Waals surface area contributed by atoms with Gasteiger partial charge in [-0.05, 0) is 42.0 Å². The zero-order chi connectivity index (χ0) is 18.2. The van der Waals surface area contributed by atoms with E-state index in [0.29, 0.717) is 23.9 Å². The van der Waals surface area contributed by atoms with E-state index in [1.54, 1.807) is 30.5 Å². The highest BCUT2D eigenvalue weighted by Gasteiger charge is 2.15. The van der Waals surface area contributed by atoms with Gasteiger partial charge in [-0.2, -0.15) is 0 Å². The third kappa shape index (κ3) is 5.92. The highest BCUT2D eigenvalue weighted by atomic mass is 35.5. The maximum atomic E-state index is 10.4. The van der Waals surface area contributed by atoms with E-state index < -0.39 is 6.10 Å². The Labute approximate surface area is 158 Å². The summed E-state index contributed by atoms with van der Waals surface area (Å²) in [5, 5.41) is 11.1. The number of aliphatic hydroxyl groups excluding tert-OH is 1. The molecule has 1 heterocycles. The summed E-state index contributed by atoms with van der Waals surface area (Å²) < 4.78 is 11.1. The van der Waals surface area contributed by atoms with E-state index in [1.807, 2.05) is 30.3 Å². The van der Waals surface area contributed by atoms with Crippen LogP contribution >= 0.6 is 11.6 Å². The number of furan rings is 1. The molecule has 0 spiro atoms. The number of hydrogen-bond acceptors (Lipinski definition) is 4. The molecule has 1 N–H and O–H groups in total. The van der Waals surface area contributed by atoms with Crippen molar-refractivity contribution in [2.24, 2.45) is 0 Å². The van der Waals surface area contributed by atoms with Crippen LogP contribution in [-0.2, 0) is 13.1 Å². The Kier molecular flexibility index (Phi) is 6.72. The van der Waals surface area contributed by atoms with Gasteiger partial charge in [0.05, 0.1) is 12.8 Å². The van der Waals surface area contributed by atoms with Crippen molar-refractivity contribution in [1.29, 1.82) is 0 Å². The molecule has 0 bridgehead atoms. The Morgan fingerprint density at radius 2 is 1.73 bits per heavy atom. The van der Waals surface area contributed by atoms with Crippen LogP contribution in [0.15, 0.2) is 77.4 Å². The van der Waals surface area contributed by atoms with Crippen molar-refractivity contribution in [2.45, 2.75) is 19.2 Å². The third-order valence-electron chi connectivity index (χ3n) is 3.93. The Hall–Kier alpha value is -2.27. The predicted octanol–water partition coefficient (Wildman–Crippen LogP) is 4.38.